The van der Waals surface area contributed by atoms with Crippen LogP contribution in [0.15, 0.2) is 59.5 Å². The largest absolute Gasteiger partial charge is 0.305 e. The summed E-state index contributed by atoms with van der Waals surface area (Å²) in [4.78, 5) is 1.91. The van der Waals surface area contributed by atoms with Crippen molar-refractivity contribution in [1.82, 2.24) is 9.62 Å². The molecular weight excluding hydrogens is 315 g/mol. The number of hydrogen-bond acceptors (Lipinski definition) is 3. The van der Waals surface area contributed by atoms with Crippen LogP contribution in [0.3, 0.4) is 0 Å². The number of benzene rings is 2. The number of rotatable bonds is 7. The van der Waals surface area contributed by atoms with Gasteiger partial charge in [-0.1, -0.05) is 36.4 Å². The highest BCUT2D eigenvalue weighted by Crippen LogP contribution is 2.11. The molecule has 0 aliphatic carbocycles. The average Bonchev–Trinajstić information content (AvgIpc) is 2.52. The molecule has 1 unspecified atom stereocenters. The summed E-state index contributed by atoms with van der Waals surface area (Å²) in [6, 6.07) is 14.9. The van der Waals surface area contributed by atoms with Crippen LogP contribution in [0.25, 0.3) is 0 Å². The minimum atomic E-state index is -3.72. The van der Waals surface area contributed by atoms with E-state index in [-0.39, 0.29) is 17.5 Å². The normalized spacial score (nSPS) is 13.2. The van der Waals surface area contributed by atoms with Gasteiger partial charge >= 0.3 is 0 Å². The molecule has 0 saturated carbocycles. The number of sulfonamides is 1. The van der Waals surface area contributed by atoms with Gasteiger partial charge in [-0.2, -0.15) is 0 Å². The Hall–Kier alpha value is -1.76. The topological polar surface area (TPSA) is 49.4 Å². The molecule has 2 rings (SSSR count). The van der Waals surface area contributed by atoms with Gasteiger partial charge < -0.3 is 4.90 Å². The summed E-state index contributed by atoms with van der Waals surface area (Å²) >= 11 is 0. The third kappa shape index (κ3) is 5.13. The van der Waals surface area contributed by atoms with Gasteiger partial charge in [0.2, 0.25) is 10.0 Å². The van der Waals surface area contributed by atoms with E-state index in [1.807, 2.05) is 49.3 Å². The van der Waals surface area contributed by atoms with E-state index in [2.05, 4.69) is 4.72 Å². The van der Waals surface area contributed by atoms with Crippen LogP contribution in [0.5, 0.6) is 0 Å². The molecular formula is C17H21FN2O2S. The van der Waals surface area contributed by atoms with E-state index < -0.39 is 15.8 Å². The lowest BCUT2D eigenvalue weighted by Crippen LogP contribution is -2.41. The predicted molar refractivity (Wildman–Crippen MR) is 89.2 cm³/mol. The Morgan fingerprint density at radius 2 is 1.78 bits per heavy atom. The predicted octanol–water partition coefficient (Wildman–Crippen LogP) is 2.28. The third-order valence-corrected chi connectivity index (χ3v) is 5.08. The maximum absolute atomic E-state index is 13.2. The minimum Gasteiger partial charge on any atom is -0.305 e. The van der Waals surface area contributed by atoms with Crippen molar-refractivity contribution in [3.8, 4) is 0 Å². The number of hydrogen-bond donors (Lipinski definition) is 1. The lowest BCUT2D eigenvalue weighted by molar-refractivity contribution is 0.291. The van der Waals surface area contributed by atoms with Gasteiger partial charge in [0.1, 0.15) is 5.82 Å². The smallest absolute Gasteiger partial charge is 0.240 e. The van der Waals surface area contributed by atoms with E-state index in [4.69, 9.17) is 0 Å². The number of likely N-dealkylation sites (N-methyl/N-ethyl adjacent to an activating group) is 1. The van der Waals surface area contributed by atoms with Gasteiger partial charge in [-0.05, 0) is 44.3 Å². The van der Waals surface area contributed by atoms with Gasteiger partial charge in [-0.3, -0.25) is 0 Å². The Bertz CT molecular complexity index is 733. The Kier molecular flexibility index (Phi) is 5.87. The van der Waals surface area contributed by atoms with Crippen molar-refractivity contribution in [1.29, 1.82) is 0 Å². The first kappa shape index (κ1) is 17.6. The summed E-state index contributed by atoms with van der Waals surface area (Å²) in [7, 11) is 0.0934. The summed E-state index contributed by atoms with van der Waals surface area (Å²) in [6.45, 7) is 0.251. The molecule has 1 N–H and O–H groups in total. The van der Waals surface area contributed by atoms with E-state index in [0.29, 0.717) is 0 Å². The molecule has 6 heteroatoms. The molecule has 1 atom stereocenters. The van der Waals surface area contributed by atoms with Crippen LogP contribution in [-0.2, 0) is 16.4 Å². The van der Waals surface area contributed by atoms with Crippen LogP contribution >= 0.6 is 0 Å². The lowest BCUT2D eigenvalue weighted by atomic mass is 10.1. The van der Waals surface area contributed by atoms with Crippen molar-refractivity contribution >= 4 is 10.0 Å². The second-order valence-electron chi connectivity index (χ2n) is 5.62. The first-order valence-electron chi connectivity index (χ1n) is 7.34. The first-order valence-corrected chi connectivity index (χ1v) is 8.82. The summed E-state index contributed by atoms with van der Waals surface area (Å²) in [6.07, 6.45) is 0.722. The second-order valence-corrected chi connectivity index (χ2v) is 7.38. The fraction of sp³-hybridized carbons (Fsp3) is 0.294. The molecule has 0 spiro atoms. The molecule has 0 aliphatic rings. The van der Waals surface area contributed by atoms with E-state index in [9.17, 15) is 12.8 Å². The zero-order valence-corrected chi connectivity index (χ0v) is 14.1. The molecule has 0 bridgehead atoms. The Morgan fingerprint density at radius 3 is 2.39 bits per heavy atom. The molecule has 0 radical (unpaired) electrons. The molecule has 23 heavy (non-hydrogen) atoms. The van der Waals surface area contributed by atoms with E-state index in [1.165, 1.54) is 18.2 Å². The highest BCUT2D eigenvalue weighted by atomic mass is 32.2. The average molecular weight is 336 g/mol. The van der Waals surface area contributed by atoms with Gasteiger partial charge in [0.15, 0.2) is 0 Å². The molecule has 0 amide bonds. The Labute approximate surface area is 137 Å². The minimum absolute atomic E-state index is 0.000680. The third-order valence-electron chi connectivity index (χ3n) is 3.66. The molecule has 2 aromatic carbocycles. The number of halogens is 1. The second kappa shape index (κ2) is 7.68. The molecule has 0 heterocycles. The van der Waals surface area contributed by atoms with E-state index in [0.717, 1.165) is 18.1 Å². The van der Waals surface area contributed by atoms with Crippen LogP contribution in [0.2, 0.25) is 0 Å². The molecule has 2 aromatic rings. The van der Waals surface area contributed by atoms with Gasteiger partial charge in [0.25, 0.3) is 0 Å². The monoisotopic (exact) mass is 336 g/mol. The number of nitrogens with one attached hydrogen (secondary N) is 1. The fourth-order valence-corrected chi connectivity index (χ4v) is 3.35. The van der Waals surface area contributed by atoms with Gasteiger partial charge in [0.05, 0.1) is 4.90 Å². The highest BCUT2D eigenvalue weighted by molar-refractivity contribution is 7.89. The van der Waals surface area contributed by atoms with E-state index >= 15 is 0 Å². The lowest BCUT2D eigenvalue weighted by Gasteiger charge is -2.24. The van der Waals surface area contributed by atoms with Crippen molar-refractivity contribution in [2.45, 2.75) is 17.4 Å². The van der Waals surface area contributed by atoms with Crippen molar-refractivity contribution in [2.24, 2.45) is 0 Å². The Balaban J connectivity index is 2.06. The molecule has 4 nitrogen and oxygen atoms in total. The molecule has 0 fully saturated rings. The quantitative estimate of drug-likeness (QED) is 0.844. The fourth-order valence-electron chi connectivity index (χ4n) is 2.25. The molecule has 0 aromatic heterocycles. The van der Waals surface area contributed by atoms with Crippen molar-refractivity contribution in [3.05, 3.63) is 66.0 Å². The van der Waals surface area contributed by atoms with Gasteiger partial charge in [0, 0.05) is 12.6 Å². The van der Waals surface area contributed by atoms with Crippen LogP contribution in [0.4, 0.5) is 4.39 Å². The van der Waals surface area contributed by atoms with Crippen LogP contribution in [0.1, 0.15) is 5.56 Å². The standard InChI is InChI=1S/C17H21FN2O2S/c1-20(2)16(11-14-7-4-3-5-8-14)13-19-23(21,22)17-10-6-9-15(18)12-17/h3-10,12,16,19H,11,13H2,1-2H3. The van der Waals surface area contributed by atoms with Crippen LogP contribution in [-0.4, -0.2) is 40.0 Å². The zero-order valence-electron chi connectivity index (χ0n) is 13.2. The Morgan fingerprint density at radius 1 is 1.09 bits per heavy atom. The summed E-state index contributed by atoms with van der Waals surface area (Å²) in [5, 5.41) is 0. The van der Waals surface area contributed by atoms with E-state index in [1.54, 1.807) is 0 Å². The summed E-state index contributed by atoms with van der Waals surface area (Å²) in [5.41, 5.74) is 1.14. The first-order chi connectivity index (χ1) is 10.9. The zero-order chi connectivity index (χ0) is 16.9. The maximum atomic E-state index is 13.2. The highest BCUT2D eigenvalue weighted by Gasteiger charge is 2.19. The molecule has 0 saturated heterocycles. The van der Waals surface area contributed by atoms with Crippen molar-refractivity contribution in [3.63, 3.8) is 0 Å². The summed E-state index contributed by atoms with van der Waals surface area (Å²) < 4.78 is 40.3. The van der Waals surface area contributed by atoms with Crippen LogP contribution < -0.4 is 4.72 Å². The van der Waals surface area contributed by atoms with Crippen molar-refractivity contribution < 1.29 is 12.8 Å². The van der Waals surface area contributed by atoms with Crippen molar-refractivity contribution in [2.75, 3.05) is 20.6 Å². The summed E-state index contributed by atoms with van der Waals surface area (Å²) in [5.74, 6) is -0.568. The number of nitrogens with zero attached hydrogens (tertiary/aromatic N) is 1. The molecule has 0 aliphatic heterocycles. The van der Waals surface area contributed by atoms with Crippen LogP contribution in [0, 0.1) is 5.82 Å². The maximum Gasteiger partial charge on any atom is 0.240 e. The van der Waals surface area contributed by atoms with Gasteiger partial charge in [-0.25, -0.2) is 17.5 Å². The molecule has 124 valence electrons. The van der Waals surface area contributed by atoms with Gasteiger partial charge in [-0.15, -0.1) is 0 Å². The SMILES string of the molecule is CN(C)C(CNS(=O)(=O)c1cccc(F)c1)Cc1ccccc1.